The quantitative estimate of drug-likeness (QED) is 0.783. The van der Waals surface area contributed by atoms with Crippen LogP contribution in [0.2, 0.25) is 0 Å². The third-order valence-electron chi connectivity index (χ3n) is 3.77. The molecule has 0 unspecified atom stereocenters. The van der Waals surface area contributed by atoms with E-state index < -0.39 is 11.9 Å². The Bertz CT molecular complexity index is 681. The Morgan fingerprint density at radius 2 is 1.96 bits per heavy atom. The van der Waals surface area contributed by atoms with Crippen molar-refractivity contribution in [2.45, 2.75) is 39.4 Å². The molecule has 0 atom stereocenters. The summed E-state index contributed by atoms with van der Waals surface area (Å²) < 4.78 is 45.5. The second-order valence-corrected chi connectivity index (χ2v) is 5.69. The highest BCUT2D eigenvalue weighted by Crippen LogP contribution is 2.30. The van der Waals surface area contributed by atoms with Crippen molar-refractivity contribution in [3.05, 3.63) is 46.8 Å². The van der Waals surface area contributed by atoms with Gasteiger partial charge in [0.2, 0.25) is 0 Å². The maximum absolute atomic E-state index is 12.9. The van der Waals surface area contributed by atoms with E-state index in [1.807, 2.05) is 32.0 Å². The van der Waals surface area contributed by atoms with Gasteiger partial charge in [0.05, 0.1) is 6.61 Å². The normalized spacial score (nSPS) is 11.8. The van der Waals surface area contributed by atoms with Crippen molar-refractivity contribution in [2.24, 2.45) is 0 Å². The Balaban J connectivity index is 1.91. The lowest BCUT2D eigenvalue weighted by Gasteiger charge is -2.08. The Labute approximate surface area is 138 Å². The number of aliphatic hydroxyl groups is 1. The summed E-state index contributed by atoms with van der Waals surface area (Å²) in [6.45, 7) is 4.37. The smallest absolute Gasteiger partial charge is 0.435 e. The maximum Gasteiger partial charge on any atom is 0.435 e. The van der Waals surface area contributed by atoms with Crippen molar-refractivity contribution in [1.29, 1.82) is 0 Å². The molecule has 0 saturated heterocycles. The van der Waals surface area contributed by atoms with E-state index in [4.69, 9.17) is 9.84 Å². The van der Waals surface area contributed by atoms with Crippen molar-refractivity contribution in [3.63, 3.8) is 0 Å². The summed E-state index contributed by atoms with van der Waals surface area (Å²) in [6.07, 6.45) is -2.70. The van der Waals surface area contributed by atoms with Crippen LogP contribution in [0.1, 0.15) is 28.8 Å². The van der Waals surface area contributed by atoms with E-state index in [-0.39, 0.29) is 18.6 Å². The molecule has 24 heavy (non-hydrogen) atoms. The molecule has 2 aromatic rings. The molecule has 0 aliphatic heterocycles. The van der Waals surface area contributed by atoms with E-state index in [9.17, 15) is 13.2 Å². The first-order valence-corrected chi connectivity index (χ1v) is 7.75. The molecule has 1 N–H and O–H groups in total. The van der Waals surface area contributed by atoms with Crippen LogP contribution in [0.25, 0.3) is 0 Å². The lowest BCUT2D eigenvalue weighted by Crippen LogP contribution is -2.11. The van der Waals surface area contributed by atoms with Gasteiger partial charge in [0.1, 0.15) is 5.75 Å². The molecule has 0 fully saturated rings. The van der Waals surface area contributed by atoms with Crippen LogP contribution in [0.3, 0.4) is 0 Å². The van der Waals surface area contributed by atoms with Gasteiger partial charge in [0, 0.05) is 31.3 Å². The van der Waals surface area contributed by atoms with E-state index >= 15 is 0 Å². The van der Waals surface area contributed by atoms with Gasteiger partial charge in [-0.1, -0.05) is 6.07 Å². The highest BCUT2D eigenvalue weighted by atomic mass is 19.4. The number of aryl methyl sites for hydroxylation is 3. The number of rotatable bonds is 7. The molecular formula is C17H21F3N2O2. The van der Waals surface area contributed by atoms with Gasteiger partial charge in [0.25, 0.3) is 0 Å². The van der Waals surface area contributed by atoms with Gasteiger partial charge in [-0.2, -0.15) is 18.3 Å². The van der Waals surface area contributed by atoms with Gasteiger partial charge in [-0.15, -0.1) is 0 Å². The molecule has 7 heteroatoms. The first-order chi connectivity index (χ1) is 11.3. The lowest BCUT2D eigenvalue weighted by atomic mass is 10.1. The molecule has 1 aromatic carbocycles. The molecule has 0 spiro atoms. The lowest BCUT2D eigenvalue weighted by molar-refractivity contribution is -0.142. The molecular weight excluding hydrogens is 321 g/mol. The average Bonchev–Trinajstić information content (AvgIpc) is 2.91. The Morgan fingerprint density at radius 3 is 2.58 bits per heavy atom. The van der Waals surface area contributed by atoms with E-state index in [0.717, 1.165) is 11.3 Å². The minimum atomic E-state index is -4.51. The summed E-state index contributed by atoms with van der Waals surface area (Å²) in [4.78, 5) is 0. The van der Waals surface area contributed by atoms with Gasteiger partial charge < -0.3 is 9.84 Å². The predicted molar refractivity (Wildman–Crippen MR) is 84.0 cm³/mol. The maximum atomic E-state index is 12.9. The van der Waals surface area contributed by atoms with Crippen LogP contribution < -0.4 is 4.74 Å². The highest BCUT2D eigenvalue weighted by molar-refractivity contribution is 5.33. The molecule has 0 radical (unpaired) electrons. The van der Waals surface area contributed by atoms with Crippen LogP contribution in [0.15, 0.2) is 24.4 Å². The summed E-state index contributed by atoms with van der Waals surface area (Å²) in [5.41, 5.74) is 1.39. The standard InChI is InChI=1S/C17H21F3N2O2/c1-12-4-5-15(10-13(12)2)24-9-3-7-22-11-14(6-8-23)16(21-22)17(18,19)20/h4-5,10-11,23H,3,6-9H2,1-2H3. The highest BCUT2D eigenvalue weighted by Gasteiger charge is 2.36. The fourth-order valence-corrected chi connectivity index (χ4v) is 2.34. The Morgan fingerprint density at radius 1 is 1.21 bits per heavy atom. The van der Waals surface area contributed by atoms with Crippen molar-refractivity contribution in [2.75, 3.05) is 13.2 Å². The first kappa shape index (κ1) is 18.3. The van der Waals surface area contributed by atoms with Crippen LogP contribution >= 0.6 is 0 Å². The Kier molecular flexibility index (Phi) is 5.88. The monoisotopic (exact) mass is 342 g/mol. The van der Waals surface area contributed by atoms with E-state index in [0.29, 0.717) is 19.6 Å². The predicted octanol–water partition coefficient (Wildman–Crippen LogP) is 3.52. The largest absolute Gasteiger partial charge is 0.494 e. The number of benzene rings is 1. The molecule has 1 heterocycles. The fourth-order valence-electron chi connectivity index (χ4n) is 2.34. The molecule has 0 bridgehead atoms. The van der Waals surface area contributed by atoms with Crippen LogP contribution in [0.4, 0.5) is 13.2 Å². The molecule has 132 valence electrons. The number of nitrogens with zero attached hydrogens (tertiary/aromatic N) is 2. The minimum Gasteiger partial charge on any atom is -0.494 e. The number of aromatic nitrogens is 2. The van der Waals surface area contributed by atoms with Crippen LogP contribution in [-0.2, 0) is 19.1 Å². The zero-order valence-electron chi connectivity index (χ0n) is 13.7. The van der Waals surface area contributed by atoms with E-state index in [2.05, 4.69) is 5.10 Å². The number of halogens is 3. The first-order valence-electron chi connectivity index (χ1n) is 7.75. The zero-order valence-corrected chi connectivity index (χ0v) is 13.7. The van der Waals surface area contributed by atoms with Gasteiger partial charge in [0.15, 0.2) is 5.69 Å². The van der Waals surface area contributed by atoms with Crippen molar-refractivity contribution < 1.29 is 23.0 Å². The summed E-state index contributed by atoms with van der Waals surface area (Å²) in [5, 5.41) is 12.5. The molecule has 0 aliphatic carbocycles. The summed E-state index contributed by atoms with van der Waals surface area (Å²) in [7, 11) is 0. The summed E-state index contributed by atoms with van der Waals surface area (Å²) >= 11 is 0. The van der Waals surface area contributed by atoms with E-state index in [1.165, 1.54) is 16.4 Å². The minimum absolute atomic E-state index is 0.0140. The van der Waals surface area contributed by atoms with Gasteiger partial charge in [-0.05, 0) is 43.5 Å². The van der Waals surface area contributed by atoms with Crippen molar-refractivity contribution >= 4 is 0 Å². The topological polar surface area (TPSA) is 47.3 Å². The fraction of sp³-hybridized carbons (Fsp3) is 0.471. The average molecular weight is 342 g/mol. The molecule has 1 aromatic heterocycles. The third kappa shape index (κ3) is 4.74. The van der Waals surface area contributed by atoms with Crippen LogP contribution in [0.5, 0.6) is 5.75 Å². The molecule has 2 rings (SSSR count). The van der Waals surface area contributed by atoms with Gasteiger partial charge >= 0.3 is 6.18 Å². The number of alkyl halides is 3. The van der Waals surface area contributed by atoms with Gasteiger partial charge in [-0.25, -0.2) is 0 Å². The summed E-state index contributed by atoms with van der Waals surface area (Å²) in [6, 6.07) is 5.77. The van der Waals surface area contributed by atoms with Crippen LogP contribution in [-0.4, -0.2) is 28.1 Å². The van der Waals surface area contributed by atoms with Gasteiger partial charge in [-0.3, -0.25) is 4.68 Å². The number of ether oxygens (including phenoxy) is 1. The number of hydrogen-bond donors (Lipinski definition) is 1. The zero-order chi connectivity index (χ0) is 17.7. The molecule has 0 aliphatic rings. The third-order valence-corrected chi connectivity index (χ3v) is 3.77. The number of hydrogen-bond acceptors (Lipinski definition) is 3. The molecule has 0 saturated carbocycles. The Hall–Kier alpha value is -2.02. The van der Waals surface area contributed by atoms with Crippen molar-refractivity contribution in [3.8, 4) is 5.75 Å². The molecule has 4 nitrogen and oxygen atoms in total. The SMILES string of the molecule is Cc1ccc(OCCCn2cc(CCO)c(C(F)(F)F)n2)cc1C. The second-order valence-electron chi connectivity index (χ2n) is 5.69. The van der Waals surface area contributed by atoms with Crippen molar-refractivity contribution in [1.82, 2.24) is 9.78 Å². The number of aliphatic hydroxyl groups excluding tert-OH is 1. The summed E-state index contributed by atoms with van der Waals surface area (Å²) in [5.74, 6) is 0.746. The van der Waals surface area contributed by atoms with E-state index in [1.54, 1.807) is 0 Å². The second kappa shape index (κ2) is 7.70. The van der Waals surface area contributed by atoms with Crippen LogP contribution in [0, 0.1) is 13.8 Å². The molecule has 0 amide bonds.